The number of aromatic nitrogens is 1. The van der Waals surface area contributed by atoms with Gasteiger partial charge in [0, 0.05) is 19.3 Å². The number of ether oxygens (including phenoxy) is 1. The molecule has 2 aromatic rings. The van der Waals surface area contributed by atoms with E-state index in [1.807, 2.05) is 0 Å². The summed E-state index contributed by atoms with van der Waals surface area (Å²) < 4.78 is 17.9. The number of hydrogen-bond acceptors (Lipinski definition) is 4. The van der Waals surface area contributed by atoms with E-state index in [0.29, 0.717) is 18.8 Å². The van der Waals surface area contributed by atoms with Gasteiger partial charge in [-0.3, -0.25) is 9.59 Å². The van der Waals surface area contributed by atoms with E-state index in [1.54, 1.807) is 12.1 Å². The Hall–Kier alpha value is -2.80. The molecule has 0 fully saturated rings. The van der Waals surface area contributed by atoms with E-state index in [4.69, 9.17) is 4.74 Å². The van der Waals surface area contributed by atoms with Gasteiger partial charge < -0.3 is 15.4 Å². The molecule has 2 amide bonds. The Labute approximate surface area is 132 Å². The molecule has 120 valence electrons. The van der Waals surface area contributed by atoms with Crippen molar-refractivity contribution in [3.05, 3.63) is 59.7 Å². The third kappa shape index (κ3) is 4.86. The van der Waals surface area contributed by atoms with E-state index in [1.165, 1.54) is 37.4 Å². The molecule has 2 rings (SSSR count). The van der Waals surface area contributed by atoms with Crippen LogP contribution in [0.1, 0.15) is 21.0 Å². The maximum absolute atomic E-state index is 13.1. The molecule has 1 aromatic heterocycles. The Balaban J connectivity index is 2.06. The van der Waals surface area contributed by atoms with Gasteiger partial charge in [-0.25, -0.2) is 9.37 Å². The fourth-order valence-corrected chi connectivity index (χ4v) is 1.81. The van der Waals surface area contributed by atoms with Crippen LogP contribution in [0.25, 0.3) is 0 Å². The molecule has 0 bridgehead atoms. The van der Waals surface area contributed by atoms with Gasteiger partial charge in [-0.05, 0) is 30.3 Å². The van der Waals surface area contributed by atoms with Crippen molar-refractivity contribution >= 4 is 17.5 Å². The second-order valence-electron chi connectivity index (χ2n) is 4.62. The predicted octanol–water partition coefficient (Wildman–Crippen LogP) is 1.85. The lowest BCUT2D eigenvalue weighted by atomic mass is 10.2. The van der Waals surface area contributed by atoms with E-state index < -0.39 is 17.6 Å². The van der Waals surface area contributed by atoms with Gasteiger partial charge in [0.05, 0.1) is 6.61 Å². The number of carbonyl (C=O) groups excluding carboxylic acids is 2. The second kappa shape index (κ2) is 8.00. The molecular formula is C16H16FN3O3. The fourth-order valence-electron chi connectivity index (χ4n) is 1.81. The first-order valence-corrected chi connectivity index (χ1v) is 6.91. The molecule has 0 saturated carbocycles. The van der Waals surface area contributed by atoms with E-state index in [-0.39, 0.29) is 11.4 Å². The molecule has 23 heavy (non-hydrogen) atoms. The van der Waals surface area contributed by atoms with Gasteiger partial charge in [0.25, 0.3) is 11.8 Å². The highest BCUT2D eigenvalue weighted by Gasteiger charge is 2.12. The zero-order chi connectivity index (χ0) is 16.7. The molecular weight excluding hydrogens is 301 g/mol. The Bertz CT molecular complexity index is 706. The average molecular weight is 317 g/mol. The van der Waals surface area contributed by atoms with Crippen molar-refractivity contribution in [1.82, 2.24) is 10.3 Å². The minimum Gasteiger partial charge on any atom is -0.383 e. The topological polar surface area (TPSA) is 80.3 Å². The minimum atomic E-state index is -0.526. The van der Waals surface area contributed by atoms with Gasteiger partial charge in [-0.1, -0.05) is 12.1 Å². The number of methoxy groups -OCH3 is 1. The van der Waals surface area contributed by atoms with Crippen LogP contribution in [-0.2, 0) is 4.74 Å². The second-order valence-corrected chi connectivity index (χ2v) is 4.62. The fraction of sp³-hybridized carbons (Fsp3) is 0.188. The minimum absolute atomic E-state index is 0.0636. The van der Waals surface area contributed by atoms with E-state index in [9.17, 15) is 14.0 Å². The first kappa shape index (κ1) is 16.6. The van der Waals surface area contributed by atoms with Crippen molar-refractivity contribution in [2.75, 3.05) is 25.6 Å². The van der Waals surface area contributed by atoms with Crippen LogP contribution in [0.3, 0.4) is 0 Å². The summed E-state index contributed by atoms with van der Waals surface area (Å²) in [5.41, 5.74) is 0.494. The van der Waals surface area contributed by atoms with Crippen molar-refractivity contribution < 1.29 is 18.7 Å². The van der Waals surface area contributed by atoms with Crippen LogP contribution in [0, 0.1) is 5.82 Å². The highest BCUT2D eigenvalue weighted by molar-refractivity contribution is 6.03. The van der Waals surface area contributed by atoms with Crippen LogP contribution in [0.2, 0.25) is 0 Å². The van der Waals surface area contributed by atoms with Gasteiger partial charge >= 0.3 is 0 Å². The maximum Gasteiger partial charge on any atom is 0.274 e. The Morgan fingerprint density at radius 1 is 1.13 bits per heavy atom. The summed E-state index contributed by atoms with van der Waals surface area (Å²) in [7, 11) is 1.53. The molecule has 0 aliphatic heterocycles. The molecule has 0 aliphatic rings. The van der Waals surface area contributed by atoms with Crippen molar-refractivity contribution in [2.24, 2.45) is 0 Å². The number of anilines is 1. The summed E-state index contributed by atoms with van der Waals surface area (Å²) in [6.07, 6.45) is 0. The number of nitrogens with zero attached hydrogens (tertiary/aromatic N) is 1. The molecule has 0 aliphatic carbocycles. The van der Waals surface area contributed by atoms with Crippen molar-refractivity contribution in [3.8, 4) is 0 Å². The van der Waals surface area contributed by atoms with Gasteiger partial charge in [-0.15, -0.1) is 0 Å². The molecule has 6 nitrogen and oxygen atoms in total. The summed E-state index contributed by atoms with van der Waals surface area (Å²) in [6.45, 7) is 0.724. The lowest BCUT2D eigenvalue weighted by Crippen LogP contribution is -2.28. The first-order chi connectivity index (χ1) is 11.1. The molecule has 0 unspecified atom stereocenters. The van der Waals surface area contributed by atoms with Gasteiger partial charge in [0.15, 0.2) is 0 Å². The summed E-state index contributed by atoms with van der Waals surface area (Å²) in [6, 6.07) is 10.0. The number of rotatable bonds is 6. The van der Waals surface area contributed by atoms with Crippen LogP contribution in [-0.4, -0.2) is 37.1 Å². The molecule has 0 saturated heterocycles. The van der Waals surface area contributed by atoms with Crippen LogP contribution in [0.4, 0.5) is 10.1 Å². The van der Waals surface area contributed by atoms with Gasteiger partial charge in [0.2, 0.25) is 0 Å². The molecule has 0 atom stereocenters. The Morgan fingerprint density at radius 3 is 2.52 bits per heavy atom. The quantitative estimate of drug-likeness (QED) is 0.797. The van der Waals surface area contributed by atoms with Crippen LogP contribution < -0.4 is 10.6 Å². The van der Waals surface area contributed by atoms with Crippen LogP contribution in [0.5, 0.6) is 0 Å². The third-order valence-corrected chi connectivity index (χ3v) is 2.89. The number of pyridine rings is 1. The van der Waals surface area contributed by atoms with Crippen molar-refractivity contribution in [1.29, 1.82) is 0 Å². The third-order valence-electron chi connectivity index (χ3n) is 2.89. The summed E-state index contributed by atoms with van der Waals surface area (Å²) in [4.78, 5) is 28.0. The number of hydrogen-bond donors (Lipinski definition) is 2. The number of halogens is 1. The predicted molar refractivity (Wildman–Crippen MR) is 82.8 cm³/mol. The highest BCUT2D eigenvalue weighted by Crippen LogP contribution is 2.10. The number of amides is 2. The zero-order valence-electron chi connectivity index (χ0n) is 12.5. The van der Waals surface area contributed by atoms with Crippen molar-refractivity contribution in [3.63, 3.8) is 0 Å². The molecule has 1 heterocycles. The standard InChI is InChI=1S/C16H16FN3O3/c1-23-9-8-18-15(21)13-6-3-7-14(20-13)16(22)19-12-5-2-4-11(17)10-12/h2-7,10H,8-9H2,1H3,(H,18,21)(H,19,22). The van der Waals surface area contributed by atoms with Crippen molar-refractivity contribution in [2.45, 2.75) is 0 Å². The van der Waals surface area contributed by atoms with E-state index >= 15 is 0 Å². The summed E-state index contributed by atoms with van der Waals surface area (Å²) in [5.74, 6) is -1.38. The average Bonchev–Trinajstić information content (AvgIpc) is 2.55. The molecule has 7 heteroatoms. The monoisotopic (exact) mass is 317 g/mol. The summed E-state index contributed by atoms with van der Waals surface area (Å²) in [5, 5.41) is 5.14. The number of nitrogens with one attached hydrogen (secondary N) is 2. The molecule has 0 spiro atoms. The zero-order valence-corrected chi connectivity index (χ0v) is 12.5. The highest BCUT2D eigenvalue weighted by atomic mass is 19.1. The van der Waals surface area contributed by atoms with E-state index in [0.717, 1.165) is 0 Å². The Morgan fingerprint density at radius 2 is 1.83 bits per heavy atom. The largest absolute Gasteiger partial charge is 0.383 e. The lowest BCUT2D eigenvalue weighted by Gasteiger charge is -2.07. The summed E-state index contributed by atoms with van der Waals surface area (Å²) >= 11 is 0. The molecule has 0 radical (unpaired) electrons. The lowest BCUT2D eigenvalue weighted by molar-refractivity contribution is 0.0932. The molecule has 2 N–H and O–H groups in total. The Kier molecular flexibility index (Phi) is 5.76. The van der Waals surface area contributed by atoms with Crippen LogP contribution in [0.15, 0.2) is 42.5 Å². The number of benzene rings is 1. The van der Waals surface area contributed by atoms with Gasteiger partial charge in [0.1, 0.15) is 17.2 Å². The van der Waals surface area contributed by atoms with E-state index in [2.05, 4.69) is 15.6 Å². The SMILES string of the molecule is COCCNC(=O)c1cccc(C(=O)Nc2cccc(F)c2)n1. The van der Waals surface area contributed by atoms with Gasteiger partial charge in [-0.2, -0.15) is 0 Å². The number of carbonyl (C=O) groups is 2. The maximum atomic E-state index is 13.1. The molecule has 1 aromatic carbocycles. The normalized spacial score (nSPS) is 10.2. The first-order valence-electron chi connectivity index (χ1n) is 6.91. The van der Waals surface area contributed by atoms with Crippen LogP contribution >= 0.6 is 0 Å². The smallest absolute Gasteiger partial charge is 0.274 e.